The van der Waals surface area contributed by atoms with Crippen molar-refractivity contribution >= 4 is 55.7 Å². The number of hydrogen-bond acceptors (Lipinski definition) is 3. The lowest BCUT2D eigenvalue weighted by Gasteiger charge is -2.15. The Kier molecular flexibility index (Phi) is 8.12. The van der Waals surface area contributed by atoms with Gasteiger partial charge in [0.2, 0.25) is 0 Å². The first kappa shape index (κ1) is 19.7. The number of hydrogen-bond donors (Lipinski definition) is 2. The van der Waals surface area contributed by atoms with Crippen LogP contribution in [0, 0.1) is 0 Å². The third-order valence-corrected chi connectivity index (χ3v) is 5.49. The van der Waals surface area contributed by atoms with E-state index in [0.717, 1.165) is 16.6 Å². The minimum absolute atomic E-state index is 0. The van der Waals surface area contributed by atoms with Crippen molar-refractivity contribution in [3.05, 3.63) is 34.3 Å². The van der Waals surface area contributed by atoms with Crippen LogP contribution in [0.5, 0.6) is 0 Å². The van der Waals surface area contributed by atoms with Crippen molar-refractivity contribution in [1.82, 2.24) is 10.6 Å². The predicted molar refractivity (Wildman–Crippen MR) is 105 cm³/mol. The number of nitrogens with one attached hydrogen (secondary N) is 2. The summed E-state index contributed by atoms with van der Waals surface area (Å²) in [5.74, 6) is 1.11. The van der Waals surface area contributed by atoms with Gasteiger partial charge in [-0.25, -0.2) is 13.4 Å². The van der Waals surface area contributed by atoms with Gasteiger partial charge in [-0.15, -0.1) is 24.0 Å². The van der Waals surface area contributed by atoms with Crippen LogP contribution < -0.4 is 10.6 Å². The summed E-state index contributed by atoms with van der Waals surface area (Å²) in [5, 5.41) is 6.36. The van der Waals surface area contributed by atoms with Gasteiger partial charge in [-0.2, -0.15) is 0 Å². The molecule has 1 heterocycles. The van der Waals surface area contributed by atoms with E-state index in [2.05, 4.69) is 31.6 Å². The molecule has 2 N–H and O–H groups in total. The van der Waals surface area contributed by atoms with Crippen molar-refractivity contribution in [1.29, 1.82) is 0 Å². The highest BCUT2D eigenvalue weighted by atomic mass is 127. The molecule has 1 unspecified atom stereocenters. The fourth-order valence-electron chi connectivity index (χ4n) is 2.23. The fourth-order valence-corrected chi connectivity index (χ4v) is 4.35. The molecule has 0 amide bonds. The average Bonchev–Trinajstić information content (AvgIpc) is 2.76. The highest BCUT2D eigenvalue weighted by Crippen LogP contribution is 2.13. The maximum atomic E-state index is 11.5. The maximum Gasteiger partial charge on any atom is 0.191 e. The summed E-state index contributed by atoms with van der Waals surface area (Å²) in [5.41, 5.74) is 1.10. The lowest BCUT2D eigenvalue weighted by Crippen LogP contribution is -2.44. The molecule has 1 aromatic rings. The first-order valence-corrected chi connectivity index (χ1v) is 9.59. The highest BCUT2D eigenvalue weighted by Gasteiger charge is 2.28. The molecule has 1 saturated heterocycles. The molecule has 0 spiro atoms. The fraction of sp³-hybridized carbons (Fsp3) is 0.500. The second-order valence-corrected chi connectivity index (χ2v) is 8.21. The lowest BCUT2D eigenvalue weighted by atomic mass is 10.2. The Balaban J connectivity index is 0.00000242. The zero-order valence-electron chi connectivity index (χ0n) is 12.4. The molecule has 1 atom stereocenters. The normalized spacial score (nSPS) is 20.3. The predicted octanol–water partition coefficient (Wildman–Crippen LogP) is 2.31. The number of nitrogens with zero attached hydrogens (tertiary/aromatic N) is 1. The van der Waals surface area contributed by atoms with Crippen LogP contribution in [-0.4, -0.2) is 38.5 Å². The van der Waals surface area contributed by atoms with Crippen molar-refractivity contribution in [2.24, 2.45) is 4.99 Å². The summed E-state index contributed by atoms with van der Waals surface area (Å²) in [4.78, 5) is 4.51. The smallest absolute Gasteiger partial charge is 0.191 e. The zero-order chi connectivity index (χ0) is 15.3. The molecule has 0 bridgehead atoms. The molecule has 124 valence electrons. The largest absolute Gasteiger partial charge is 0.357 e. The highest BCUT2D eigenvalue weighted by molar-refractivity contribution is 14.0. The van der Waals surface area contributed by atoms with Gasteiger partial charge in [-0.3, -0.25) is 0 Å². The van der Waals surface area contributed by atoms with E-state index in [9.17, 15) is 8.42 Å². The summed E-state index contributed by atoms with van der Waals surface area (Å²) in [6.45, 7) is 3.28. The Hall–Kier alpha value is -0.350. The quantitative estimate of drug-likeness (QED) is 0.377. The molecule has 0 aromatic heterocycles. The molecule has 0 aliphatic carbocycles. The van der Waals surface area contributed by atoms with Gasteiger partial charge < -0.3 is 10.6 Å². The Morgan fingerprint density at radius 3 is 2.82 bits per heavy atom. The van der Waals surface area contributed by atoms with Gasteiger partial charge in [-0.1, -0.05) is 28.1 Å². The van der Waals surface area contributed by atoms with E-state index < -0.39 is 9.84 Å². The number of halogens is 2. The number of guanidine groups is 1. The SMILES string of the molecule is CCNC(=NCc1cccc(Br)c1)NC1CCS(=O)(=O)C1.I. The standard InChI is InChI=1S/C14H20BrN3O2S.HI/c1-2-16-14(18-13-6-7-21(19,20)10-13)17-9-11-4-3-5-12(15)8-11;/h3-5,8,13H,2,6-7,9-10H2,1H3,(H2,16,17,18);1H. The van der Waals surface area contributed by atoms with Crippen LogP contribution in [0.4, 0.5) is 0 Å². The van der Waals surface area contributed by atoms with E-state index in [1.54, 1.807) is 0 Å². The van der Waals surface area contributed by atoms with Gasteiger partial charge in [-0.05, 0) is 31.0 Å². The summed E-state index contributed by atoms with van der Waals surface area (Å²) in [6, 6.07) is 7.93. The molecule has 22 heavy (non-hydrogen) atoms. The molecule has 1 aliphatic rings. The van der Waals surface area contributed by atoms with Crippen LogP contribution in [0.15, 0.2) is 33.7 Å². The molecular weight excluding hydrogens is 481 g/mol. The van der Waals surface area contributed by atoms with Crippen LogP contribution in [-0.2, 0) is 16.4 Å². The molecule has 8 heteroatoms. The van der Waals surface area contributed by atoms with Gasteiger partial charge in [0.15, 0.2) is 15.8 Å². The van der Waals surface area contributed by atoms with Crippen LogP contribution in [0.1, 0.15) is 18.9 Å². The molecule has 0 radical (unpaired) electrons. The molecule has 5 nitrogen and oxygen atoms in total. The first-order valence-electron chi connectivity index (χ1n) is 6.98. The molecule has 1 fully saturated rings. The van der Waals surface area contributed by atoms with E-state index in [0.29, 0.717) is 18.9 Å². The van der Waals surface area contributed by atoms with Crippen LogP contribution >= 0.6 is 39.9 Å². The van der Waals surface area contributed by atoms with E-state index in [1.165, 1.54) is 0 Å². The van der Waals surface area contributed by atoms with Gasteiger partial charge in [0.05, 0.1) is 18.1 Å². The summed E-state index contributed by atoms with van der Waals surface area (Å²) >= 11 is 3.44. The summed E-state index contributed by atoms with van der Waals surface area (Å²) < 4.78 is 24.0. The van der Waals surface area contributed by atoms with Gasteiger partial charge in [0, 0.05) is 17.1 Å². The van der Waals surface area contributed by atoms with Gasteiger partial charge in [0.25, 0.3) is 0 Å². The third-order valence-electron chi connectivity index (χ3n) is 3.23. The van der Waals surface area contributed by atoms with Crippen LogP contribution in [0.25, 0.3) is 0 Å². The Bertz CT molecular complexity index is 622. The number of aliphatic imine (C=N–C) groups is 1. The Morgan fingerprint density at radius 1 is 1.45 bits per heavy atom. The van der Waals surface area contributed by atoms with Gasteiger partial charge >= 0.3 is 0 Å². The van der Waals surface area contributed by atoms with E-state index in [1.807, 2.05) is 31.2 Å². The summed E-state index contributed by atoms with van der Waals surface area (Å²) in [6.07, 6.45) is 0.642. The van der Waals surface area contributed by atoms with Crippen molar-refractivity contribution in [2.75, 3.05) is 18.1 Å². The minimum atomic E-state index is -2.88. The van der Waals surface area contributed by atoms with Gasteiger partial charge in [0.1, 0.15) is 0 Å². The third kappa shape index (κ3) is 6.41. The molecule has 1 aliphatic heterocycles. The van der Waals surface area contributed by atoms with Crippen LogP contribution in [0.3, 0.4) is 0 Å². The molecule has 1 aromatic carbocycles. The average molecular weight is 502 g/mol. The van der Waals surface area contributed by atoms with Crippen molar-refractivity contribution < 1.29 is 8.42 Å². The minimum Gasteiger partial charge on any atom is -0.357 e. The number of benzene rings is 1. The monoisotopic (exact) mass is 501 g/mol. The van der Waals surface area contributed by atoms with Crippen LogP contribution in [0.2, 0.25) is 0 Å². The number of rotatable bonds is 4. The zero-order valence-corrected chi connectivity index (χ0v) is 17.1. The van der Waals surface area contributed by atoms with E-state index in [-0.39, 0.29) is 41.5 Å². The second-order valence-electron chi connectivity index (χ2n) is 5.07. The maximum absolute atomic E-state index is 11.5. The summed E-state index contributed by atoms with van der Waals surface area (Å²) in [7, 11) is -2.88. The van der Waals surface area contributed by atoms with Crippen molar-refractivity contribution in [3.8, 4) is 0 Å². The molecule has 2 rings (SSSR count). The Morgan fingerprint density at radius 2 is 2.23 bits per heavy atom. The lowest BCUT2D eigenvalue weighted by molar-refractivity contribution is 0.599. The van der Waals surface area contributed by atoms with E-state index >= 15 is 0 Å². The van der Waals surface area contributed by atoms with Crippen molar-refractivity contribution in [3.63, 3.8) is 0 Å². The number of sulfone groups is 1. The van der Waals surface area contributed by atoms with Crippen molar-refractivity contribution in [2.45, 2.75) is 25.9 Å². The molecule has 0 saturated carbocycles. The second kappa shape index (κ2) is 9.07. The first-order chi connectivity index (χ1) is 9.98. The Labute approximate surface area is 157 Å². The molecular formula is C14H21BrIN3O2S. The van der Waals surface area contributed by atoms with E-state index in [4.69, 9.17) is 0 Å². The topological polar surface area (TPSA) is 70.6 Å².